The topological polar surface area (TPSA) is 38.7 Å². The largest absolute Gasteiger partial charge is 0.423 e. The molecule has 0 radical (unpaired) electrons. The highest BCUT2D eigenvalue weighted by Crippen LogP contribution is 2.25. The highest BCUT2D eigenvalue weighted by molar-refractivity contribution is 5.91. The van der Waals surface area contributed by atoms with Crippen LogP contribution in [0.1, 0.15) is 32.6 Å². The van der Waals surface area contributed by atoms with Crippen LogP contribution >= 0.6 is 0 Å². The molecule has 0 aliphatic carbocycles. The molecule has 0 fully saturated rings. The third kappa shape index (κ3) is 4.25. The molecule has 0 bridgehead atoms. The fourth-order valence-electron chi connectivity index (χ4n) is 2.88. The van der Waals surface area contributed by atoms with E-state index in [4.69, 9.17) is 4.74 Å². The minimum Gasteiger partial charge on any atom is -0.423 e. The summed E-state index contributed by atoms with van der Waals surface area (Å²) in [6.45, 7) is 6.22. The van der Waals surface area contributed by atoms with Crippen LogP contribution in [0.15, 0.2) is 71.7 Å². The summed E-state index contributed by atoms with van der Waals surface area (Å²) in [5.41, 5.74) is 6.03. The lowest BCUT2D eigenvalue weighted by Crippen LogP contribution is -2.07. The SMILES string of the molecule is Cc1cc(C)c(N=Cc2ccc(OC(=O)c3ccccc3)cc2)c(C)c1. The number of rotatable bonds is 4. The molecule has 3 aromatic rings. The summed E-state index contributed by atoms with van der Waals surface area (Å²) >= 11 is 0. The summed E-state index contributed by atoms with van der Waals surface area (Å²) in [5.74, 6) is 0.150. The fourth-order valence-corrected chi connectivity index (χ4v) is 2.88. The molecule has 0 saturated carbocycles. The molecule has 0 unspecified atom stereocenters. The molecule has 3 nitrogen and oxygen atoms in total. The molecular formula is C23H21NO2. The molecule has 0 saturated heterocycles. The summed E-state index contributed by atoms with van der Waals surface area (Å²) in [6, 6.07) is 20.5. The number of carbonyl (C=O) groups is 1. The van der Waals surface area contributed by atoms with Crippen LogP contribution in [0.25, 0.3) is 0 Å². The normalized spacial score (nSPS) is 10.9. The van der Waals surface area contributed by atoms with Crippen LogP contribution in [0.3, 0.4) is 0 Å². The van der Waals surface area contributed by atoms with Crippen molar-refractivity contribution in [3.05, 3.63) is 94.5 Å². The van der Waals surface area contributed by atoms with E-state index in [2.05, 4.69) is 37.9 Å². The van der Waals surface area contributed by atoms with Gasteiger partial charge in [-0.15, -0.1) is 0 Å². The number of carbonyl (C=O) groups excluding carboxylic acids is 1. The second kappa shape index (κ2) is 7.79. The van der Waals surface area contributed by atoms with E-state index in [0.717, 1.165) is 22.4 Å². The van der Waals surface area contributed by atoms with Crippen molar-refractivity contribution < 1.29 is 9.53 Å². The van der Waals surface area contributed by atoms with Gasteiger partial charge in [-0.25, -0.2) is 4.79 Å². The minimum absolute atomic E-state index is 0.363. The first kappa shape index (κ1) is 17.6. The monoisotopic (exact) mass is 343 g/mol. The van der Waals surface area contributed by atoms with Gasteiger partial charge in [-0.2, -0.15) is 0 Å². The molecular weight excluding hydrogens is 322 g/mol. The molecule has 3 heteroatoms. The zero-order valence-corrected chi connectivity index (χ0v) is 15.2. The Morgan fingerprint density at radius 3 is 2.12 bits per heavy atom. The van der Waals surface area contributed by atoms with Crippen molar-refractivity contribution in [1.82, 2.24) is 0 Å². The van der Waals surface area contributed by atoms with E-state index in [9.17, 15) is 4.79 Å². The number of esters is 1. The number of hydrogen-bond donors (Lipinski definition) is 0. The first-order chi connectivity index (χ1) is 12.5. The Labute approximate surface area is 154 Å². The first-order valence-corrected chi connectivity index (χ1v) is 8.52. The highest BCUT2D eigenvalue weighted by atomic mass is 16.5. The van der Waals surface area contributed by atoms with Gasteiger partial charge in [-0.3, -0.25) is 4.99 Å². The van der Waals surface area contributed by atoms with Gasteiger partial charge < -0.3 is 4.74 Å². The molecule has 0 spiro atoms. The Balaban J connectivity index is 1.71. The van der Waals surface area contributed by atoms with E-state index in [1.165, 1.54) is 5.56 Å². The van der Waals surface area contributed by atoms with Crippen molar-refractivity contribution in [2.75, 3.05) is 0 Å². The Bertz CT molecular complexity index is 919. The van der Waals surface area contributed by atoms with Crippen LogP contribution in [-0.4, -0.2) is 12.2 Å². The van der Waals surface area contributed by atoms with Gasteiger partial charge in [0.05, 0.1) is 11.3 Å². The Morgan fingerprint density at radius 2 is 1.50 bits per heavy atom. The van der Waals surface area contributed by atoms with Crippen molar-refractivity contribution >= 4 is 17.9 Å². The van der Waals surface area contributed by atoms with E-state index in [-0.39, 0.29) is 5.97 Å². The van der Waals surface area contributed by atoms with E-state index < -0.39 is 0 Å². The van der Waals surface area contributed by atoms with E-state index >= 15 is 0 Å². The highest BCUT2D eigenvalue weighted by Gasteiger charge is 2.07. The Kier molecular flexibility index (Phi) is 5.28. The fraction of sp³-hybridized carbons (Fsp3) is 0.130. The van der Waals surface area contributed by atoms with Gasteiger partial charge in [0.25, 0.3) is 0 Å². The molecule has 0 aliphatic rings. The molecule has 0 atom stereocenters. The Hall–Kier alpha value is -3.20. The molecule has 3 rings (SSSR count). The van der Waals surface area contributed by atoms with Gasteiger partial charge in [-0.05, 0) is 73.9 Å². The molecule has 0 aromatic heterocycles. The zero-order chi connectivity index (χ0) is 18.5. The molecule has 3 aromatic carbocycles. The third-order valence-corrected chi connectivity index (χ3v) is 4.08. The minimum atomic E-state index is -0.363. The van der Waals surface area contributed by atoms with Gasteiger partial charge >= 0.3 is 5.97 Å². The van der Waals surface area contributed by atoms with E-state index in [1.54, 1.807) is 24.3 Å². The smallest absolute Gasteiger partial charge is 0.343 e. The summed E-state index contributed by atoms with van der Waals surface area (Å²) in [4.78, 5) is 16.7. The van der Waals surface area contributed by atoms with Gasteiger partial charge in [-0.1, -0.05) is 35.9 Å². The number of aliphatic imine (C=N–C) groups is 1. The van der Waals surface area contributed by atoms with Crippen molar-refractivity contribution in [2.45, 2.75) is 20.8 Å². The second-order valence-electron chi connectivity index (χ2n) is 6.33. The quantitative estimate of drug-likeness (QED) is 0.352. The maximum Gasteiger partial charge on any atom is 0.343 e. The lowest BCUT2D eigenvalue weighted by atomic mass is 10.1. The summed E-state index contributed by atoms with van der Waals surface area (Å²) in [7, 11) is 0. The van der Waals surface area contributed by atoms with Gasteiger partial charge in [0.15, 0.2) is 0 Å². The van der Waals surface area contributed by atoms with Crippen LogP contribution in [0.4, 0.5) is 5.69 Å². The standard InChI is InChI=1S/C23H21NO2/c1-16-13-17(2)22(18(3)14-16)24-15-19-9-11-21(12-10-19)26-23(25)20-7-5-4-6-8-20/h4-15H,1-3H3. The number of nitrogens with zero attached hydrogens (tertiary/aromatic N) is 1. The number of hydrogen-bond acceptors (Lipinski definition) is 3. The summed E-state index contributed by atoms with van der Waals surface area (Å²) in [5, 5.41) is 0. The Morgan fingerprint density at radius 1 is 0.885 bits per heavy atom. The van der Waals surface area contributed by atoms with Crippen LogP contribution in [0, 0.1) is 20.8 Å². The van der Waals surface area contributed by atoms with Crippen molar-refractivity contribution in [2.24, 2.45) is 4.99 Å². The summed E-state index contributed by atoms with van der Waals surface area (Å²) in [6.07, 6.45) is 1.83. The van der Waals surface area contributed by atoms with Crippen molar-refractivity contribution in [3.63, 3.8) is 0 Å². The first-order valence-electron chi connectivity index (χ1n) is 8.52. The van der Waals surface area contributed by atoms with Crippen LogP contribution in [-0.2, 0) is 0 Å². The predicted molar refractivity (Wildman–Crippen MR) is 106 cm³/mol. The maximum absolute atomic E-state index is 12.1. The number of benzene rings is 3. The van der Waals surface area contributed by atoms with E-state index in [1.807, 2.05) is 36.5 Å². The predicted octanol–water partition coefficient (Wildman–Crippen LogP) is 5.58. The second-order valence-corrected chi connectivity index (χ2v) is 6.33. The van der Waals surface area contributed by atoms with Crippen LogP contribution in [0.2, 0.25) is 0 Å². The molecule has 0 amide bonds. The third-order valence-electron chi connectivity index (χ3n) is 4.08. The van der Waals surface area contributed by atoms with Crippen molar-refractivity contribution in [1.29, 1.82) is 0 Å². The van der Waals surface area contributed by atoms with Crippen molar-refractivity contribution in [3.8, 4) is 5.75 Å². The molecule has 26 heavy (non-hydrogen) atoms. The molecule has 0 heterocycles. The van der Waals surface area contributed by atoms with Gasteiger partial charge in [0.2, 0.25) is 0 Å². The lowest BCUT2D eigenvalue weighted by molar-refractivity contribution is 0.0735. The molecule has 0 N–H and O–H groups in total. The average molecular weight is 343 g/mol. The average Bonchev–Trinajstić information content (AvgIpc) is 2.63. The number of aryl methyl sites for hydroxylation is 3. The lowest BCUT2D eigenvalue weighted by Gasteiger charge is -2.07. The molecule has 130 valence electrons. The zero-order valence-electron chi connectivity index (χ0n) is 15.2. The van der Waals surface area contributed by atoms with Gasteiger partial charge in [0, 0.05) is 6.21 Å². The van der Waals surface area contributed by atoms with Crippen LogP contribution in [0.5, 0.6) is 5.75 Å². The van der Waals surface area contributed by atoms with Gasteiger partial charge in [0.1, 0.15) is 5.75 Å². The van der Waals surface area contributed by atoms with E-state index in [0.29, 0.717) is 11.3 Å². The maximum atomic E-state index is 12.1. The van der Waals surface area contributed by atoms with Crippen LogP contribution < -0.4 is 4.74 Å². The number of ether oxygens (including phenoxy) is 1. The summed E-state index contributed by atoms with van der Waals surface area (Å²) < 4.78 is 5.39. The molecule has 0 aliphatic heterocycles.